The van der Waals surface area contributed by atoms with Crippen molar-refractivity contribution in [2.75, 3.05) is 0 Å². The molecule has 4 heteroatoms. The molecule has 0 atom stereocenters. The summed E-state index contributed by atoms with van der Waals surface area (Å²) in [5.41, 5.74) is 1.63. The predicted molar refractivity (Wildman–Crippen MR) is 40.6 cm³/mol. The third-order valence-electron chi connectivity index (χ3n) is 1.43. The lowest BCUT2D eigenvalue weighted by Crippen LogP contribution is -2.04. The Labute approximate surface area is 68.0 Å². The van der Waals surface area contributed by atoms with Crippen molar-refractivity contribution in [1.29, 1.82) is 0 Å². The average molecular weight is 169 g/mol. The molecule has 1 saturated carbocycles. The van der Waals surface area contributed by atoms with Gasteiger partial charge in [0, 0.05) is 0 Å². The van der Waals surface area contributed by atoms with Crippen molar-refractivity contribution in [3.8, 4) is 0 Å². The van der Waals surface area contributed by atoms with Crippen molar-refractivity contribution in [2.24, 2.45) is 0 Å². The third kappa shape index (κ3) is 1.57. The topological polar surface area (TPSA) is 39.2 Å². The first-order chi connectivity index (χ1) is 5.36. The molecular formula is C7H7NO2S. The summed E-state index contributed by atoms with van der Waals surface area (Å²) >= 11 is 1.32. The van der Waals surface area contributed by atoms with Crippen LogP contribution in [0, 0.1) is 0 Å². The number of hydrogen-bond donors (Lipinski definition) is 0. The van der Waals surface area contributed by atoms with Gasteiger partial charge in [0.25, 0.3) is 0 Å². The fourth-order valence-corrected chi connectivity index (χ4v) is 1.21. The molecule has 0 saturated heterocycles. The minimum atomic E-state index is -0.227. The summed E-state index contributed by atoms with van der Waals surface area (Å²) in [5, 5.41) is 0. The number of esters is 1. The van der Waals surface area contributed by atoms with E-state index in [0.29, 0.717) is 4.88 Å². The van der Waals surface area contributed by atoms with Gasteiger partial charge in [0.2, 0.25) is 0 Å². The number of nitrogens with zero attached hydrogens (tertiary/aromatic N) is 1. The van der Waals surface area contributed by atoms with E-state index in [-0.39, 0.29) is 12.1 Å². The van der Waals surface area contributed by atoms with Gasteiger partial charge in [-0.25, -0.2) is 4.79 Å². The first kappa shape index (κ1) is 6.79. The molecule has 0 radical (unpaired) electrons. The number of ether oxygens (including phenoxy) is 1. The highest BCUT2D eigenvalue weighted by Crippen LogP contribution is 2.25. The minimum absolute atomic E-state index is 0.185. The van der Waals surface area contributed by atoms with Gasteiger partial charge in [0.15, 0.2) is 0 Å². The molecule has 58 valence electrons. The van der Waals surface area contributed by atoms with Crippen LogP contribution >= 0.6 is 11.3 Å². The lowest BCUT2D eigenvalue weighted by atomic mass is 10.6. The van der Waals surface area contributed by atoms with E-state index in [1.165, 1.54) is 17.5 Å². The molecule has 1 heterocycles. The van der Waals surface area contributed by atoms with Crippen molar-refractivity contribution in [2.45, 2.75) is 18.9 Å². The first-order valence-electron chi connectivity index (χ1n) is 3.46. The van der Waals surface area contributed by atoms with E-state index in [0.717, 1.165) is 12.8 Å². The van der Waals surface area contributed by atoms with Crippen LogP contribution in [0.15, 0.2) is 11.7 Å². The zero-order valence-electron chi connectivity index (χ0n) is 5.82. The summed E-state index contributed by atoms with van der Waals surface area (Å²) in [6.45, 7) is 0. The van der Waals surface area contributed by atoms with Gasteiger partial charge in [0.05, 0.1) is 11.7 Å². The molecule has 3 nitrogen and oxygen atoms in total. The Bertz CT molecular complexity index is 253. The highest BCUT2D eigenvalue weighted by atomic mass is 32.1. The Morgan fingerprint density at radius 3 is 3.09 bits per heavy atom. The number of aromatic nitrogens is 1. The molecule has 0 unspecified atom stereocenters. The molecule has 1 fully saturated rings. The normalized spacial score (nSPS) is 16.4. The fraction of sp³-hybridized carbons (Fsp3) is 0.429. The highest BCUT2D eigenvalue weighted by molar-refractivity contribution is 7.11. The van der Waals surface area contributed by atoms with Gasteiger partial charge in [0.1, 0.15) is 11.0 Å². The summed E-state index contributed by atoms with van der Waals surface area (Å²) in [6, 6.07) is 0. The lowest BCUT2D eigenvalue weighted by Gasteiger charge is -1.97. The first-order valence-corrected chi connectivity index (χ1v) is 4.33. The van der Waals surface area contributed by atoms with Crippen LogP contribution in [-0.4, -0.2) is 17.1 Å². The van der Waals surface area contributed by atoms with Gasteiger partial charge < -0.3 is 4.74 Å². The number of carbonyl (C=O) groups is 1. The van der Waals surface area contributed by atoms with E-state index < -0.39 is 0 Å². The van der Waals surface area contributed by atoms with Crippen LogP contribution in [-0.2, 0) is 4.74 Å². The van der Waals surface area contributed by atoms with Crippen LogP contribution < -0.4 is 0 Å². The van der Waals surface area contributed by atoms with Gasteiger partial charge in [-0.2, -0.15) is 0 Å². The highest BCUT2D eigenvalue weighted by Gasteiger charge is 2.26. The zero-order valence-corrected chi connectivity index (χ0v) is 6.63. The zero-order chi connectivity index (χ0) is 7.68. The van der Waals surface area contributed by atoms with Crippen LogP contribution in [0.5, 0.6) is 0 Å². The monoisotopic (exact) mass is 169 g/mol. The Morgan fingerprint density at radius 2 is 2.55 bits per heavy atom. The second-order valence-electron chi connectivity index (χ2n) is 2.47. The molecular weight excluding hydrogens is 162 g/mol. The molecule has 0 aromatic carbocycles. The van der Waals surface area contributed by atoms with Crippen molar-refractivity contribution in [3.63, 3.8) is 0 Å². The van der Waals surface area contributed by atoms with E-state index in [1.54, 1.807) is 5.51 Å². The van der Waals surface area contributed by atoms with E-state index in [2.05, 4.69) is 4.98 Å². The lowest BCUT2D eigenvalue weighted by molar-refractivity contribution is 0.0478. The molecule has 1 aliphatic carbocycles. The maximum absolute atomic E-state index is 11.1. The van der Waals surface area contributed by atoms with E-state index in [9.17, 15) is 4.79 Å². The summed E-state index contributed by atoms with van der Waals surface area (Å²) in [6.07, 6.45) is 3.76. The van der Waals surface area contributed by atoms with Crippen LogP contribution in [0.25, 0.3) is 0 Å². The molecule has 1 aliphatic rings. The second kappa shape index (κ2) is 2.62. The van der Waals surface area contributed by atoms with E-state index in [1.807, 2.05) is 0 Å². The molecule has 0 spiro atoms. The molecule has 0 aliphatic heterocycles. The average Bonchev–Trinajstić information content (AvgIpc) is 2.67. The summed E-state index contributed by atoms with van der Waals surface area (Å²) in [5.74, 6) is -0.227. The Hall–Kier alpha value is -0.900. The van der Waals surface area contributed by atoms with E-state index >= 15 is 0 Å². The summed E-state index contributed by atoms with van der Waals surface area (Å²) in [7, 11) is 0. The largest absolute Gasteiger partial charge is 0.458 e. The molecule has 0 N–H and O–H groups in total. The minimum Gasteiger partial charge on any atom is -0.458 e. The molecule has 0 amide bonds. The van der Waals surface area contributed by atoms with E-state index in [4.69, 9.17) is 4.74 Å². The van der Waals surface area contributed by atoms with Gasteiger partial charge in [-0.3, -0.25) is 4.98 Å². The Morgan fingerprint density at radius 1 is 1.73 bits per heavy atom. The standard InChI is InChI=1S/C7H7NO2S/c9-7(10-5-1-2-5)6-3-8-4-11-6/h3-5H,1-2H2. The Balaban J connectivity index is 1.99. The summed E-state index contributed by atoms with van der Waals surface area (Å²) in [4.78, 5) is 15.5. The summed E-state index contributed by atoms with van der Waals surface area (Å²) < 4.78 is 5.04. The number of rotatable bonds is 2. The Kier molecular flexibility index (Phi) is 1.62. The smallest absolute Gasteiger partial charge is 0.350 e. The van der Waals surface area contributed by atoms with Crippen LogP contribution in [0.3, 0.4) is 0 Å². The number of hydrogen-bond acceptors (Lipinski definition) is 4. The quantitative estimate of drug-likeness (QED) is 0.629. The molecule has 2 rings (SSSR count). The SMILES string of the molecule is O=C(OC1CC1)c1cncs1. The second-order valence-corrected chi connectivity index (χ2v) is 3.36. The molecule has 0 bridgehead atoms. The third-order valence-corrected chi connectivity index (χ3v) is 2.18. The predicted octanol–water partition coefficient (Wildman–Crippen LogP) is 1.46. The van der Waals surface area contributed by atoms with Gasteiger partial charge in [-0.1, -0.05) is 0 Å². The molecule has 1 aromatic rings. The number of carbonyl (C=O) groups excluding carboxylic acids is 1. The number of thiazole rings is 1. The fourth-order valence-electron chi connectivity index (χ4n) is 0.712. The van der Waals surface area contributed by atoms with Crippen molar-refractivity contribution in [1.82, 2.24) is 4.98 Å². The van der Waals surface area contributed by atoms with Crippen molar-refractivity contribution in [3.05, 3.63) is 16.6 Å². The maximum Gasteiger partial charge on any atom is 0.350 e. The van der Waals surface area contributed by atoms with Gasteiger partial charge in [-0.15, -0.1) is 11.3 Å². The van der Waals surface area contributed by atoms with Crippen molar-refractivity contribution < 1.29 is 9.53 Å². The van der Waals surface area contributed by atoms with Gasteiger partial charge in [-0.05, 0) is 12.8 Å². The van der Waals surface area contributed by atoms with Crippen molar-refractivity contribution >= 4 is 17.3 Å². The van der Waals surface area contributed by atoms with Crippen LogP contribution in [0.2, 0.25) is 0 Å². The van der Waals surface area contributed by atoms with Crippen LogP contribution in [0.4, 0.5) is 0 Å². The molecule has 1 aromatic heterocycles. The maximum atomic E-state index is 11.1. The molecule has 11 heavy (non-hydrogen) atoms. The van der Waals surface area contributed by atoms with Crippen LogP contribution in [0.1, 0.15) is 22.5 Å². The van der Waals surface area contributed by atoms with Gasteiger partial charge >= 0.3 is 5.97 Å².